The molecule has 1 aromatic rings. The highest BCUT2D eigenvalue weighted by molar-refractivity contribution is 5.85. The second kappa shape index (κ2) is 8.00. The van der Waals surface area contributed by atoms with E-state index in [-0.39, 0.29) is 11.9 Å². The number of rotatable bonds is 7. The molecule has 21 heavy (non-hydrogen) atoms. The smallest absolute Gasteiger partial charge is 0.245 e. The Morgan fingerprint density at radius 3 is 2.57 bits per heavy atom. The van der Waals surface area contributed by atoms with E-state index in [1.54, 1.807) is 14.2 Å². The van der Waals surface area contributed by atoms with Gasteiger partial charge in [0.1, 0.15) is 6.04 Å². The Morgan fingerprint density at radius 1 is 1.24 bits per heavy atom. The van der Waals surface area contributed by atoms with Crippen LogP contribution in [0.2, 0.25) is 0 Å². The number of hydrogen-bond acceptors (Lipinski definition) is 4. The molecule has 0 bridgehead atoms. The molecule has 0 spiro atoms. The standard InChI is InChI=1S/C16H24N2O3/c1-20-11-9-18(10-12-21-2)16(19)15-8-7-13-5-3-4-6-14(13)17-15/h3-6,15,17H,7-12H2,1-2H3. The van der Waals surface area contributed by atoms with E-state index in [1.165, 1.54) is 5.56 Å². The lowest BCUT2D eigenvalue weighted by molar-refractivity contribution is -0.133. The summed E-state index contributed by atoms with van der Waals surface area (Å²) in [5, 5.41) is 3.36. The molecule has 0 aliphatic carbocycles. The number of benzene rings is 1. The summed E-state index contributed by atoms with van der Waals surface area (Å²) in [7, 11) is 3.29. The number of carbonyl (C=O) groups excluding carboxylic acids is 1. The monoisotopic (exact) mass is 292 g/mol. The Balaban J connectivity index is 2.00. The van der Waals surface area contributed by atoms with Crippen LogP contribution in [0.15, 0.2) is 24.3 Å². The third-order valence-corrected chi connectivity index (χ3v) is 3.79. The fourth-order valence-electron chi connectivity index (χ4n) is 2.58. The van der Waals surface area contributed by atoms with Crippen LogP contribution in [0, 0.1) is 0 Å². The van der Waals surface area contributed by atoms with Crippen molar-refractivity contribution in [3.8, 4) is 0 Å². The highest BCUT2D eigenvalue weighted by atomic mass is 16.5. The molecule has 0 saturated heterocycles. The molecule has 1 unspecified atom stereocenters. The normalized spacial score (nSPS) is 17.0. The Hall–Kier alpha value is -1.59. The lowest BCUT2D eigenvalue weighted by atomic mass is 9.97. The van der Waals surface area contributed by atoms with Crippen molar-refractivity contribution < 1.29 is 14.3 Å². The van der Waals surface area contributed by atoms with Crippen LogP contribution < -0.4 is 5.32 Å². The van der Waals surface area contributed by atoms with Crippen LogP contribution >= 0.6 is 0 Å². The van der Waals surface area contributed by atoms with Gasteiger partial charge in [-0.05, 0) is 24.5 Å². The van der Waals surface area contributed by atoms with E-state index in [2.05, 4.69) is 11.4 Å². The first-order valence-corrected chi connectivity index (χ1v) is 7.37. The first-order valence-electron chi connectivity index (χ1n) is 7.37. The van der Waals surface area contributed by atoms with Gasteiger partial charge in [-0.2, -0.15) is 0 Å². The zero-order valence-corrected chi connectivity index (χ0v) is 12.8. The molecule has 1 aliphatic rings. The topological polar surface area (TPSA) is 50.8 Å². The van der Waals surface area contributed by atoms with Gasteiger partial charge in [-0.25, -0.2) is 0 Å². The van der Waals surface area contributed by atoms with Crippen molar-refractivity contribution in [3.63, 3.8) is 0 Å². The summed E-state index contributed by atoms with van der Waals surface area (Å²) < 4.78 is 10.2. The maximum absolute atomic E-state index is 12.7. The summed E-state index contributed by atoms with van der Waals surface area (Å²) in [6.07, 6.45) is 1.76. The van der Waals surface area contributed by atoms with Crippen LogP contribution in [-0.4, -0.2) is 57.4 Å². The fourth-order valence-corrected chi connectivity index (χ4v) is 2.58. The maximum atomic E-state index is 12.7. The fraction of sp³-hybridized carbons (Fsp3) is 0.562. The van der Waals surface area contributed by atoms with Gasteiger partial charge in [-0.15, -0.1) is 0 Å². The van der Waals surface area contributed by atoms with E-state index in [0.717, 1.165) is 18.5 Å². The van der Waals surface area contributed by atoms with Crippen LogP contribution in [0.1, 0.15) is 12.0 Å². The Morgan fingerprint density at radius 2 is 1.90 bits per heavy atom. The molecule has 0 aromatic heterocycles. The molecular weight excluding hydrogens is 268 g/mol. The van der Waals surface area contributed by atoms with Gasteiger partial charge < -0.3 is 19.7 Å². The lowest BCUT2D eigenvalue weighted by Crippen LogP contribution is -2.46. The Bertz CT molecular complexity index is 457. The van der Waals surface area contributed by atoms with Gasteiger partial charge in [-0.1, -0.05) is 18.2 Å². The van der Waals surface area contributed by atoms with Gasteiger partial charge in [0.25, 0.3) is 0 Å². The molecular formula is C16H24N2O3. The summed E-state index contributed by atoms with van der Waals surface area (Å²) >= 11 is 0. The third kappa shape index (κ3) is 4.19. The van der Waals surface area contributed by atoms with Crippen molar-refractivity contribution >= 4 is 11.6 Å². The van der Waals surface area contributed by atoms with E-state index in [0.29, 0.717) is 26.3 Å². The number of aryl methyl sites for hydroxylation is 1. The van der Waals surface area contributed by atoms with E-state index < -0.39 is 0 Å². The molecule has 1 aliphatic heterocycles. The van der Waals surface area contributed by atoms with E-state index in [9.17, 15) is 4.79 Å². The summed E-state index contributed by atoms with van der Waals surface area (Å²) in [6, 6.07) is 8.01. The summed E-state index contributed by atoms with van der Waals surface area (Å²) in [5.74, 6) is 0.124. The van der Waals surface area contributed by atoms with Gasteiger partial charge in [0.05, 0.1) is 13.2 Å². The molecule has 0 saturated carbocycles. The molecule has 1 amide bonds. The van der Waals surface area contributed by atoms with Crippen molar-refractivity contribution in [1.29, 1.82) is 0 Å². The highest BCUT2D eigenvalue weighted by Gasteiger charge is 2.27. The zero-order valence-electron chi connectivity index (χ0n) is 12.8. The number of hydrogen-bond donors (Lipinski definition) is 1. The van der Waals surface area contributed by atoms with E-state index in [1.807, 2.05) is 23.1 Å². The van der Waals surface area contributed by atoms with Crippen molar-refractivity contribution in [2.45, 2.75) is 18.9 Å². The molecule has 1 atom stereocenters. The predicted molar refractivity (Wildman–Crippen MR) is 82.5 cm³/mol. The second-order valence-electron chi connectivity index (χ2n) is 5.20. The molecule has 0 fully saturated rings. The van der Waals surface area contributed by atoms with E-state index in [4.69, 9.17) is 9.47 Å². The van der Waals surface area contributed by atoms with Crippen LogP contribution in [0.4, 0.5) is 5.69 Å². The number of anilines is 1. The van der Waals surface area contributed by atoms with Crippen LogP contribution in [-0.2, 0) is 20.7 Å². The van der Waals surface area contributed by atoms with Crippen LogP contribution in [0.5, 0.6) is 0 Å². The van der Waals surface area contributed by atoms with Gasteiger partial charge in [0, 0.05) is 33.0 Å². The molecule has 5 nitrogen and oxygen atoms in total. The summed E-state index contributed by atoms with van der Waals surface area (Å²) in [6.45, 7) is 2.27. The quantitative estimate of drug-likeness (QED) is 0.828. The maximum Gasteiger partial charge on any atom is 0.245 e. The lowest BCUT2D eigenvalue weighted by Gasteiger charge is -2.31. The molecule has 1 N–H and O–H groups in total. The highest BCUT2D eigenvalue weighted by Crippen LogP contribution is 2.25. The van der Waals surface area contributed by atoms with Crippen LogP contribution in [0.25, 0.3) is 0 Å². The number of ether oxygens (including phenoxy) is 2. The average molecular weight is 292 g/mol. The number of fused-ring (bicyclic) bond motifs is 1. The molecule has 116 valence electrons. The van der Waals surface area contributed by atoms with Crippen LogP contribution in [0.3, 0.4) is 0 Å². The molecule has 2 rings (SSSR count). The third-order valence-electron chi connectivity index (χ3n) is 3.79. The second-order valence-corrected chi connectivity index (χ2v) is 5.20. The number of methoxy groups -OCH3 is 2. The first kappa shape index (κ1) is 15.8. The number of nitrogens with zero attached hydrogens (tertiary/aromatic N) is 1. The minimum absolute atomic E-state index is 0.124. The van der Waals surface area contributed by atoms with Gasteiger partial charge in [0.2, 0.25) is 5.91 Å². The van der Waals surface area contributed by atoms with Crippen molar-refractivity contribution in [3.05, 3.63) is 29.8 Å². The van der Waals surface area contributed by atoms with Gasteiger partial charge in [0.15, 0.2) is 0 Å². The first-order chi connectivity index (χ1) is 10.3. The SMILES string of the molecule is COCCN(CCOC)C(=O)C1CCc2ccccc2N1. The van der Waals surface area contributed by atoms with Gasteiger partial charge >= 0.3 is 0 Å². The minimum Gasteiger partial charge on any atom is -0.383 e. The largest absolute Gasteiger partial charge is 0.383 e. The molecule has 0 radical (unpaired) electrons. The van der Waals surface area contributed by atoms with Crippen molar-refractivity contribution in [2.24, 2.45) is 0 Å². The number of para-hydroxylation sites is 1. The Labute approximate surface area is 126 Å². The van der Waals surface area contributed by atoms with Crippen molar-refractivity contribution in [2.75, 3.05) is 45.8 Å². The molecule has 1 aromatic carbocycles. The Kier molecular flexibility index (Phi) is 6.02. The summed E-state index contributed by atoms with van der Waals surface area (Å²) in [4.78, 5) is 14.5. The zero-order chi connectivity index (χ0) is 15.1. The average Bonchev–Trinajstić information content (AvgIpc) is 2.54. The molecule has 1 heterocycles. The van der Waals surface area contributed by atoms with E-state index >= 15 is 0 Å². The van der Waals surface area contributed by atoms with Crippen molar-refractivity contribution in [1.82, 2.24) is 4.90 Å². The summed E-state index contributed by atoms with van der Waals surface area (Å²) in [5.41, 5.74) is 2.35. The number of carbonyl (C=O) groups is 1. The predicted octanol–water partition coefficient (Wildman–Crippen LogP) is 1.53. The number of nitrogens with one attached hydrogen (secondary N) is 1. The number of amides is 1. The minimum atomic E-state index is -0.159. The molecule has 5 heteroatoms. The van der Waals surface area contributed by atoms with Gasteiger partial charge in [-0.3, -0.25) is 4.79 Å².